The molecule has 3 aromatic carbocycles. The fraction of sp³-hybridized carbons (Fsp3) is 0.0833. The molecule has 3 aromatic rings. The maximum Gasteiger partial charge on any atom is 0.416 e. The van der Waals surface area contributed by atoms with Gasteiger partial charge in [-0.3, -0.25) is 4.79 Å². The molecular weight excluding hydrogens is 512 g/mol. The minimum Gasteiger partial charge on any atom is -0.487 e. The SMILES string of the molecule is N#CC(=Cc1ccc(OCc2ccccc2Cl)c(Cl)c1)C(=O)Nc1cc(C(F)(F)F)ccc1Cl. The molecule has 0 unspecified atom stereocenters. The second kappa shape index (κ2) is 10.8. The maximum atomic E-state index is 12.9. The molecule has 0 saturated heterocycles. The average Bonchev–Trinajstić information content (AvgIpc) is 2.78. The lowest BCUT2D eigenvalue weighted by Crippen LogP contribution is -2.15. The van der Waals surface area contributed by atoms with Crippen molar-refractivity contribution in [3.8, 4) is 11.8 Å². The smallest absolute Gasteiger partial charge is 0.416 e. The highest BCUT2D eigenvalue weighted by Gasteiger charge is 2.31. The Bertz CT molecular complexity index is 1300. The summed E-state index contributed by atoms with van der Waals surface area (Å²) in [4.78, 5) is 12.5. The van der Waals surface area contributed by atoms with E-state index >= 15 is 0 Å². The molecule has 0 radical (unpaired) electrons. The highest BCUT2D eigenvalue weighted by molar-refractivity contribution is 6.34. The van der Waals surface area contributed by atoms with E-state index in [-0.39, 0.29) is 27.9 Å². The fourth-order valence-corrected chi connectivity index (χ4v) is 3.40. The van der Waals surface area contributed by atoms with Crippen LogP contribution in [-0.2, 0) is 17.6 Å². The van der Waals surface area contributed by atoms with Crippen molar-refractivity contribution in [2.75, 3.05) is 5.32 Å². The number of carbonyl (C=O) groups is 1. The lowest BCUT2D eigenvalue weighted by atomic mass is 10.1. The van der Waals surface area contributed by atoms with Gasteiger partial charge in [0.15, 0.2) is 0 Å². The summed E-state index contributed by atoms with van der Waals surface area (Å²) in [6.07, 6.45) is -3.38. The van der Waals surface area contributed by atoms with Crippen LogP contribution in [0, 0.1) is 11.3 Å². The van der Waals surface area contributed by atoms with Crippen LogP contribution >= 0.6 is 34.8 Å². The molecule has 0 saturated carbocycles. The summed E-state index contributed by atoms with van der Waals surface area (Å²) >= 11 is 18.3. The third-order valence-corrected chi connectivity index (χ3v) is 5.51. The molecule has 3 rings (SSSR count). The molecule has 0 atom stereocenters. The Labute approximate surface area is 208 Å². The first-order chi connectivity index (χ1) is 16.1. The van der Waals surface area contributed by atoms with Gasteiger partial charge in [-0.25, -0.2) is 0 Å². The second-order valence-corrected chi connectivity index (χ2v) is 8.11. The Balaban J connectivity index is 1.76. The average molecular weight is 526 g/mol. The van der Waals surface area contributed by atoms with Crippen LogP contribution in [0.3, 0.4) is 0 Å². The molecule has 174 valence electrons. The maximum absolute atomic E-state index is 12.9. The molecule has 0 aliphatic carbocycles. The van der Waals surface area contributed by atoms with Crippen LogP contribution in [0.1, 0.15) is 16.7 Å². The van der Waals surface area contributed by atoms with Crippen molar-refractivity contribution < 1.29 is 22.7 Å². The van der Waals surface area contributed by atoms with Crippen LogP contribution in [-0.4, -0.2) is 5.91 Å². The standard InChI is InChI=1S/C24H14Cl3F3N2O2/c25-18-4-2-1-3-15(18)13-34-22-8-5-14(10-20(22)27)9-16(12-31)23(33)32-21-11-17(24(28,29)30)6-7-19(21)26/h1-11H,13H2,(H,32,33). The van der Waals surface area contributed by atoms with Crippen molar-refractivity contribution in [2.24, 2.45) is 0 Å². The lowest BCUT2D eigenvalue weighted by Gasteiger charge is -2.11. The van der Waals surface area contributed by atoms with Gasteiger partial charge in [-0.2, -0.15) is 18.4 Å². The van der Waals surface area contributed by atoms with E-state index in [0.717, 1.165) is 17.7 Å². The lowest BCUT2D eigenvalue weighted by molar-refractivity contribution is -0.137. The number of ether oxygens (including phenoxy) is 1. The zero-order chi connectivity index (χ0) is 24.9. The topological polar surface area (TPSA) is 62.1 Å². The summed E-state index contributed by atoms with van der Waals surface area (Å²) in [6.45, 7) is 0.179. The van der Waals surface area contributed by atoms with Crippen molar-refractivity contribution in [2.45, 2.75) is 12.8 Å². The molecule has 0 aliphatic heterocycles. The van der Waals surface area contributed by atoms with Gasteiger partial charge in [-0.15, -0.1) is 0 Å². The molecule has 0 aliphatic rings. The van der Waals surface area contributed by atoms with Crippen LogP contribution in [0.2, 0.25) is 15.1 Å². The Morgan fingerprint density at radius 2 is 1.74 bits per heavy atom. The summed E-state index contributed by atoms with van der Waals surface area (Å²) < 4.78 is 44.5. The molecule has 0 bridgehead atoms. The van der Waals surface area contributed by atoms with Gasteiger partial charge in [0, 0.05) is 10.6 Å². The first-order valence-electron chi connectivity index (χ1n) is 9.54. The van der Waals surface area contributed by atoms with Gasteiger partial charge in [0.1, 0.15) is 24.0 Å². The third kappa shape index (κ3) is 6.45. The van der Waals surface area contributed by atoms with Crippen molar-refractivity contribution in [1.29, 1.82) is 5.26 Å². The number of carbonyl (C=O) groups excluding carboxylic acids is 1. The predicted molar refractivity (Wildman–Crippen MR) is 126 cm³/mol. The minimum absolute atomic E-state index is 0.110. The van der Waals surface area contributed by atoms with E-state index in [0.29, 0.717) is 22.4 Å². The molecule has 0 heterocycles. The molecule has 4 nitrogen and oxygen atoms in total. The second-order valence-electron chi connectivity index (χ2n) is 6.89. The van der Waals surface area contributed by atoms with Crippen LogP contribution in [0.15, 0.2) is 66.2 Å². The number of anilines is 1. The summed E-state index contributed by atoms with van der Waals surface area (Å²) in [5, 5.41) is 12.3. The van der Waals surface area contributed by atoms with E-state index in [2.05, 4.69) is 5.32 Å². The van der Waals surface area contributed by atoms with Gasteiger partial charge in [-0.1, -0.05) is 59.1 Å². The van der Waals surface area contributed by atoms with Crippen LogP contribution in [0.4, 0.5) is 18.9 Å². The monoisotopic (exact) mass is 524 g/mol. The van der Waals surface area contributed by atoms with E-state index in [1.54, 1.807) is 30.3 Å². The highest BCUT2D eigenvalue weighted by atomic mass is 35.5. The van der Waals surface area contributed by atoms with E-state index in [1.165, 1.54) is 12.1 Å². The van der Waals surface area contributed by atoms with E-state index in [1.807, 2.05) is 12.1 Å². The highest BCUT2D eigenvalue weighted by Crippen LogP contribution is 2.34. The zero-order valence-electron chi connectivity index (χ0n) is 17.1. The fourth-order valence-electron chi connectivity index (χ4n) is 2.80. The zero-order valence-corrected chi connectivity index (χ0v) is 19.4. The minimum atomic E-state index is -4.62. The molecule has 0 aromatic heterocycles. The van der Waals surface area contributed by atoms with Crippen molar-refractivity contribution >= 4 is 52.5 Å². The molecule has 1 amide bonds. The van der Waals surface area contributed by atoms with Gasteiger partial charge in [0.25, 0.3) is 5.91 Å². The molecule has 0 spiro atoms. The van der Waals surface area contributed by atoms with Crippen molar-refractivity contribution in [3.05, 3.63) is 98.0 Å². The number of nitrogens with one attached hydrogen (secondary N) is 1. The number of rotatable bonds is 6. The Kier molecular flexibility index (Phi) is 8.11. The Morgan fingerprint density at radius 1 is 1.00 bits per heavy atom. The molecule has 10 heteroatoms. The number of halogens is 6. The summed E-state index contributed by atoms with van der Waals surface area (Å²) in [5.41, 5.74) is -0.468. The van der Waals surface area contributed by atoms with Gasteiger partial charge >= 0.3 is 6.18 Å². The number of nitriles is 1. The van der Waals surface area contributed by atoms with E-state index in [4.69, 9.17) is 39.5 Å². The summed E-state index contributed by atoms with van der Waals surface area (Å²) in [6, 6.07) is 16.0. The largest absolute Gasteiger partial charge is 0.487 e. The number of hydrogen-bond acceptors (Lipinski definition) is 3. The Hall–Kier alpha value is -3.18. The van der Waals surface area contributed by atoms with Gasteiger partial charge in [0.05, 0.1) is 21.3 Å². The summed E-state index contributed by atoms with van der Waals surface area (Å²) in [5.74, 6) is -0.573. The van der Waals surface area contributed by atoms with Gasteiger partial charge in [-0.05, 0) is 48.0 Å². The van der Waals surface area contributed by atoms with E-state index < -0.39 is 17.6 Å². The van der Waals surface area contributed by atoms with Crippen LogP contribution in [0.5, 0.6) is 5.75 Å². The molecule has 0 fully saturated rings. The first kappa shape index (κ1) is 25.4. The number of alkyl halides is 3. The quantitative estimate of drug-likeness (QED) is 0.264. The normalized spacial score (nSPS) is 11.6. The Morgan fingerprint density at radius 3 is 2.38 bits per heavy atom. The van der Waals surface area contributed by atoms with Crippen molar-refractivity contribution in [1.82, 2.24) is 0 Å². The first-order valence-corrected chi connectivity index (χ1v) is 10.7. The van der Waals surface area contributed by atoms with Crippen LogP contribution in [0.25, 0.3) is 6.08 Å². The third-order valence-electron chi connectivity index (χ3n) is 4.51. The number of nitrogens with zero attached hydrogens (tertiary/aromatic N) is 1. The predicted octanol–water partition coefficient (Wildman–Crippen LogP) is 7.79. The molecule has 1 N–H and O–H groups in total. The summed E-state index contributed by atoms with van der Waals surface area (Å²) in [7, 11) is 0. The number of amides is 1. The number of hydrogen-bond donors (Lipinski definition) is 1. The van der Waals surface area contributed by atoms with Gasteiger partial charge in [0.2, 0.25) is 0 Å². The van der Waals surface area contributed by atoms with Crippen LogP contribution < -0.4 is 10.1 Å². The number of benzene rings is 3. The van der Waals surface area contributed by atoms with Gasteiger partial charge < -0.3 is 10.1 Å². The van der Waals surface area contributed by atoms with E-state index in [9.17, 15) is 23.2 Å². The molecule has 34 heavy (non-hydrogen) atoms. The molecular formula is C24H14Cl3F3N2O2. The van der Waals surface area contributed by atoms with Crippen molar-refractivity contribution in [3.63, 3.8) is 0 Å².